The van der Waals surface area contributed by atoms with Crippen LogP contribution in [0, 0.1) is 6.92 Å². The number of piperidine rings is 1. The number of nitrogens with one attached hydrogen (secondary N) is 1. The predicted octanol–water partition coefficient (Wildman–Crippen LogP) is 4.16. The van der Waals surface area contributed by atoms with Crippen LogP contribution in [0.4, 0.5) is 5.82 Å². The second kappa shape index (κ2) is 12.3. The van der Waals surface area contributed by atoms with Gasteiger partial charge < -0.3 is 29.5 Å². The standard InChI is InChI=1S/C32H41N5O6/c1-21-27(28(30(39)40)43-31(2,3)4)29-36-14-12-32(5,13-15-36)42-17-9-8-16-41-24-11-7-6-10-22(24)18-26(38)33-20-23-19-25(34-21)37(29)35-23/h6-11,19,28H,12-18,20H2,1-5H3,(H,33,38)(H,39,40)/b9-8-/t28-/m0/s1. The molecular formula is C32H41N5O6. The predicted molar refractivity (Wildman–Crippen MR) is 161 cm³/mol. The molecule has 1 aromatic carbocycles. The van der Waals surface area contributed by atoms with E-state index in [1.54, 1.807) is 11.4 Å². The largest absolute Gasteiger partial charge is 0.489 e. The Morgan fingerprint density at radius 2 is 1.88 bits per heavy atom. The molecule has 11 nitrogen and oxygen atoms in total. The van der Waals surface area contributed by atoms with Crippen molar-refractivity contribution in [3.63, 3.8) is 0 Å². The van der Waals surface area contributed by atoms with E-state index < -0.39 is 17.7 Å². The van der Waals surface area contributed by atoms with E-state index in [1.165, 1.54) is 0 Å². The molecular weight excluding hydrogens is 550 g/mol. The number of carboxylic acids is 1. The molecule has 230 valence electrons. The van der Waals surface area contributed by atoms with Gasteiger partial charge in [-0.05, 0) is 59.6 Å². The first kappa shape index (κ1) is 30.5. The van der Waals surface area contributed by atoms with Crippen LogP contribution in [0.25, 0.3) is 5.65 Å². The maximum absolute atomic E-state index is 12.9. The van der Waals surface area contributed by atoms with Gasteiger partial charge in [-0.2, -0.15) is 9.61 Å². The Labute approximate surface area is 251 Å². The average Bonchev–Trinajstić information content (AvgIpc) is 3.34. The van der Waals surface area contributed by atoms with Crippen LogP contribution < -0.4 is 15.0 Å². The van der Waals surface area contributed by atoms with Gasteiger partial charge in [0.15, 0.2) is 11.8 Å². The average molecular weight is 592 g/mol. The van der Waals surface area contributed by atoms with Gasteiger partial charge in [0.05, 0.1) is 42.0 Å². The number of anilines is 1. The Morgan fingerprint density at radius 3 is 2.60 bits per heavy atom. The topological polar surface area (TPSA) is 128 Å². The third kappa shape index (κ3) is 7.17. The highest BCUT2D eigenvalue weighted by atomic mass is 16.5. The first-order valence-electron chi connectivity index (χ1n) is 14.7. The molecule has 0 aliphatic carbocycles. The number of carboxylic acid groups (broad SMARTS) is 1. The first-order chi connectivity index (χ1) is 20.4. The molecule has 43 heavy (non-hydrogen) atoms. The number of hydrogen-bond acceptors (Lipinski definition) is 8. The van der Waals surface area contributed by atoms with Crippen LogP contribution in [0.3, 0.4) is 0 Å². The summed E-state index contributed by atoms with van der Waals surface area (Å²) in [5.74, 6) is 0.0326. The number of fused-ring (bicyclic) bond motifs is 9. The molecule has 4 bridgehead atoms. The van der Waals surface area contributed by atoms with Crippen LogP contribution in [0.1, 0.15) is 69.2 Å². The Balaban J connectivity index is 1.56. The van der Waals surface area contributed by atoms with E-state index in [4.69, 9.17) is 24.3 Å². The highest BCUT2D eigenvalue weighted by Gasteiger charge is 2.37. The van der Waals surface area contributed by atoms with Crippen molar-refractivity contribution in [3.8, 4) is 5.75 Å². The minimum Gasteiger partial charge on any atom is -0.489 e. The molecule has 5 heterocycles. The van der Waals surface area contributed by atoms with E-state index in [2.05, 4.69) is 17.1 Å². The number of para-hydroxylation sites is 1. The number of aromatic nitrogens is 3. The van der Waals surface area contributed by atoms with Crippen LogP contribution in [0.2, 0.25) is 0 Å². The Morgan fingerprint density at radius 1 is 1.16 bits per heavy atom. The lowest BCUT2D eigenvalue weighted by molar-refractivity contribution is -0.160. The van der Waals surface area contributed by atoms with Crippen LogP contribution in [-0.4, -0.2) is 69.1 Å². The normalized spacial score (nSPS) is 19.4. The molecule has 0 radical (unpaired) electrons. The van der Waals surface area contributed by atoms with E-state index in [0.29, 0.717) is 60.5 Å². The van der Waals surface area contributed by atoms with Gasteiger partial charge in [-0.1, -0.05) is 24.3 Å². The molecule has 1 saturated heterocycles. The maximum Gasteiger partial charge on any atom is 0.337 e. The zero-order valence-electron chi connectivity index (χ0n) is 25.6. The van der Waals surface area contributed by atoms with Gasteiger partial charge in [0.25, 0.3) is 0 Å². The molecule has 2 aromatic heterocycles. The Bertz CT molecular complexity index is 1520. The highest BCUT2D eigenvalue weighted by molar-refractivity contribution is 5.80. The first-order valence-corrected chi connectivity index (χ1v) is 14.7. The van der Waals surface area contributed by atoms with Gasteiger partial charge in [0.1, 0.15) is 18.2 Å². The number of rotatable bonds is 3. The monoisotopic (exact) mass is 591 g/mol. The Kier molecular flexibility index (Phi) is 8.75. The summed E-state index contributed by atoms with van der Waals surface area (Å²) in [4.78, 5) is 32.5. The minimum absolute atomic E-state index is 0.152. The number of aliphatic carboxylic acids is 1. The zero-order valence-corrected chi connectivity index (χ0v) is 25.6. The fraction of sp³-hybridized carbons (Fsp3) is 0.500. The number of carbonyl (C=O) groups is 2. The number of benzene rings is 1. The van der Waals surface area contributed by atoms with Gasteiger partial charge in [0, 0.05) is 30.4 Å². The third-order valence-electron chi connectivity index (χ3n) is 7.75. The summed E-state index contributed by atoms with van der Waals surface area (Å²) in [6.07, 6.45) is 4.24. The van der Waals surface area contributed by atoms with Gasteiger partial charge in [-0.3, -0.25) is 4.79 Å². The van der Waals surface area contributed by atoms with E-state index in [1.807, 2.05) is 63.3 Å². The van der Waals surface area contributed by atoms with Gasteiger partial charge in [-0.15, -0.1) is 0 Å². The van der Waals surface area contributed by atoms with E-state index in [-0.39, 0.29) is 24.5 Å². The summed E-state index contributed by atoms with van der Waals surface area (Å²) >= 11 is 0. The second-order valence-electron chi connectivity index (χ2n) is 12.4. The number of nitrogens with zero attached hydrogens (tertiary/aromatic N) is 4. The number of aryl methyl sites for hydroxylation is 1. The molecule has 11 heteroatoms. The van der Waals surface area contributed by atoms with Crippen molar-refractivity contribution in [2.24, 2.45) is 0 Å². The molecule has 1 fully saturated rings. The van der Waals surface area contributed by atoms with E-state index >= 15 is 0 Å². The lowest BCUT2D eigenvalue weighted by Crippen LogP contribution is -2.45. The second-order valence-corrected chi connectivity index (χ2v) is 12.4. The quantitative estimate of drug-likeness (QED) is 0.432. The van der Waals surface area contributed by atoms with Crippen LogP contribution in [-0.2, 0) is 32.0 Å². The number of carbonyl (C=O) groups excluding carboxylic acids is 1. The lowest BCUT2D eigenvalue weighted by Gasteiger charge is -2.41. The van der Waals surface area contributed by atoms with Crippen molar-refractivity contribution in [1.29, 1.82) is 0 Å². The fourth-order valence-corrected chi connectivity index (χ4v) is 5.52. The van der Waals surface area contributed by atoms with Crippen LogP contribution in [0.15, 0.2) is 42.5 Å². The summed E-state index contributed by atoms with van der Waals surface area (Å²) in [6, 6.07) is 9.32. The van der Waals surface area contributed by atoms with Gasteiger partial charge in [0.2, 0.25) is 5.91 Å². The number of hydrogen-bond donors (Lipinski definition) is 2. The lowest BCUT2D eigenvalue weighted by atomic mass is 9.92. The van der Waals surface area contributed by atoms with Crippen LogP contribution in [0.5, 0.6) is 5.75 Å². The maximum atomic E-state index is 12.9. The Hall–Kier alpha value is -3.96. The third-order valence-corrected chi connectivity index (χ3v) is 7.75. The van der Waals surface area contributed by atoms with Gasteiger partial charge >= 0.3 is 5.97 Å². The SMILES string of the molecule is Cc1nc2cc3nn2c(c1[C@H](OC(C)(C)C)C(=O)O)N1CCC(C)(CC1)OC/C=C\COc1ccccc1CC(=O)NC3. The molecule has 3 aliphatic rings. The number of amides is 1. The molecule has 0 saturated carbocycles. The summed E-state index contributed by atoms with van der Waals surface area (Å²) in [7, 11) is 0. The van der Waals surface area contributed by atoms with Crippen molar-refractivity contribution in [2.45, 2.75) is 77.7 Å². The minimum atomic E-state index is -1.25. The summed E-state index contributed by atoms with van der Waals surface area (Å²) in [6.45, 7) is 11.7. The summed E-state index contributed by atoms with van der Waals surface area (Å²) < 4.78 is 20.1. The van der Waals surface area contributed by atoms with Crippen molar-refractivity contribution in [2.75, 3.05) is 31.2 Å². The van der Waals surface area contributed by atoms with E-state index in [9.17, 15) is 14.7 Å². The molecule has 2 N–H and O–H groups in total. The molecule has 6 rings (SSSR count). The molecule has 0 unspecified atom stereocenters. The van der Waals surface area contributed by atoms with Crippen molar-refractivity contribution < 1.29 is 28.9 Å². The highest BCUT2D eigenvalue weighted by Crippen LogP contribution is 2.37. The molecule has 1 atom stereocenters. The molecule has 1 amide bonds. The van der Waals surface area contributed by atoms with Crippen molar-refractivity contribution >= 4 is 23.3 Å². The smallest absolute Gasteiger partial charge is 0.337 e. The van der Waals surface area contributed by atoms with Crippen LogP contribution >= 0.6 is 0 Å². The van der Waals surface area contributed by atoms with Crippen molar-refractivity contribution in [1.82, 2.24) is 19.9 Å². The van der Waals surface area contributed by atoms with E-state index in [0.717, 1.165) is 18.4 Å². The van der Waals surface area contributed by atoms with Crippen molar-refractivity contribution in [3.05, 3.63) is 65.0 Å². The zero-order chi connectivity index (χ0) is 30.8. The number of ether oxygens (including phenoxy) is 3. The summed E-state index contributed by atoms with van der Waals surface area (Å²) in [5.41, 5.74) is 1.93. The molecule has 0 spiro atoms. The molecule has 3 aliphatic heterocycles. The fourth-order valence-electron chi connectivity index (χ4n) is 5.52. The molecule has 3 aromatic rings. The van der Waals surface area contributed by atoms with Gasteiger partial charge in [-0.25, -0.2) is 9.78 Å². The summed E-state index contributed by atoms with van der Waals surface area (Å²) in [5, 5.41) is 18.1.